The van der Waals surface area contributed by atoms with Crippen LogP contribution in [-0.2, 0) is 11.3 Å². The second-order valence-electron chi connectivity index (χ2n) is 5.40. The van der Waals surface area contributed by atoms with E-state index in [2.05, 4.69) is 9.97 Å². The molecule has 118 valence electrons. The van der Waals surface area contributed by atoms with E-state index in [4.69, 9.17) is 10.00 Å². The third-order valence-corrected chi connectivity index (χ3v) is 3.76. The van der Waals surface area contributed by atoms with Crippen LogP contribution in [-0.4, -0.2) is 44.5 Å². The number of ether oxygens (including phenoxy) is 1. The Morgan fingerprint density at radius 3 is 2.91 bits per heavy atom. The Morgan fingerprint density at radius 1 is 1.35 bits per heavy atom. The van der Waals surface area contributed by atoms with E-state index in [9.17, 15) is 4.79 Å². The molecule has 0 saturated carbocycles. The van der Waals surface area contributed by atoms with Crippen LogP contribution in [0, 0.1) is 11.3 Å². The Balaban J connectivity index is 1.62. The molecule has 0 aromatic carbocycles. The van der Waals surface area contributed by atoms with Crippen LogP contribution in [0.15, 0.2) is 36.9 Å². The summed E-state index contributed by atoms with van der Waals surface area (Å²) in [4.78, 5) is 22.2. The molecule has 7 heteroatoms. The van der Waals surface area contributed by atoms with Crippen molar-refractivity contribution in [3.05, 3.63) is 42.6 Å². The molecular weight excluding hydrogens is 294 g/mol. The Morgan fingerprint density at radius 2 is 2.13 bits per heavy atom. The van der Waals surface area contributed by atoms with E-state index in [1.54, 1.807) is 4.90 Å². The van der Waals surface area contributed by atoms with E-state index in [0.717, 1.165) is 19.4 Å². The third-order valence-electron chi connectivity index (χ3n) is 3.76. The number of aromatic nitrogens is 3. The molecule has 0 aliphatic carbocycles. The zero-order valence-electron chi connectivity index (χ0n) is 12.6. The van der Waals surface area contributed by atoms with Gasteiger partial charge in [-0.25, -0.2) is 9.97 Å². The van der Waals surface area contributed by atoms with Crippen LogP contribution in [0.2, 0.25) is 0 Å². The van der Waals surface area contributed by atoms with Gasteiger partial charge in [0.05, 0.1) is 6.54 Å². The molecule has 3 rings (SSSR count). The lowest BCUT2D eigenvalue weighted by Gasteiger charge is -2.32. The number of hydrogen-bond acceptors (Lipinski definition) is 5. The highest BCUT2D eigenvalue weighted by molar-refractivity contribution is 5.76. The number of nitriles is 1. The molecule has 3 heterocycles. The molecule has 0 bridgehead atoms. The summed E-state index contributed by atoms with van der Waals surface area (Å²) in [6, 6.07) is 5.76. The van der Waals surface area contributed by atoms with Gasteiger partial charge >= 0.3 is 0 Å². The van der Waals surface area contributed by atoms with Gasteiger partial charge in [0.15, 0.2) is 0 Å². The van der Waals surface area contributed by atoms with Crippen molar-refractivity contribution in [1.82, 2.24) is 19.4 Å². The largest absolute Gasteiger partial charge is 0.470 e. The Labute approximate surface area is 134 Å². The van der Waals surface area contributed by atoms with E-state index < -0.39 is 0 Å². The second-order valence-corrected chi connectivity index (χ2v) is 5.40. The van der Waals surface area contributed by atoms with Crippen LogP contribution in [0.1, 0.15) is 18.5 Å². The normalized spacial score (nSPS) is 17.5. The van der Waals surface area contributed by atoms with Crippen LogP contribution in [0.25, 0.3) is 0 Å². The Kier molecular flexibility index (Phi) is 4.52. The molecule has 0 spiro atoms. The van der Waals surface area contributed by atoms with E-state index >= 15 is 0 Å². The molecule has 7 nitrogen and oxygen atoms in total. The van der Waals surface area contributed by atoms with Crippen LogP contribution in [0.4, 0.5) is 0 Å². The van der Waals surface area contributed by atoms with Gasteiger partial charge in [-0.15, -0.1) is 0 Å². The van der Waals surface area contributed by atoms with Crippen LogP contribution >= 0.6 is 0 Å². The molecule has 0 N–H and O–H groups in total. The topological polar surface area (TPSA) is 84.0 Å². The molecule has 1 aliphatic rings. The summed E-state index contributed by atoms with van der Waals surface area (Å²) < 4.78 is 7.65. The van der Waals surface area contributed by atoms with Gasteiger partial charge in [0, 0.05) is 31.3 Å². The zero-order chi connectivity index (χ0) is 16.1. The van der Waals surface area contributed by atoms with Gasteiger partial charge in [0.2, 0.25) is 11.6 Å². The third kappa shape index (κ3) is 3.66. The molecule has 1 amide bonds. The molecule has 2 aromatic heterocycles. The zero-order valence-corrected chi connectivity index (χ0v) is 12.6. The van der Waals surface area contributed by atoms with E-state index in [1.165, 1.54) is 12.4 Å². The van der Waals surface area contributed by atoms with Crippen LogP contribution in [0.5, 0.6) is 5.88 Å². The molecule has 23 heavy (non-hydrogen) atoms. The molecule has 1 saturated heterocycles. The van der Waals surface area contributed by atoms with Gasteiger partial charge in [-0.05, 0) is 25.0 Å². The monoisotopic (exact) mass is 311 g/mol. The quantitative estimate of drug-likeness (QED) is 0.847. The standard InChI is InChI=1S/C16H17N5O2/c17-10-14-16(19-6-5-18-14)23-13-4-3-9-21(11-13)15(22)12-20-7-1-2-8-20/h1-2,5-8,13H,3-4,9,11-12H2. The summed E-state index contributed by atoms with van der Waals surface area (Å²) in [5.74, 6) is 0.300. The smallest absolute Gasteiger partial charge is 0.251 e. The molecule has 1 fully saturated rings. The minimum Gasteiger partial charge on any atom is -0.470 e. The van der Waals surface area contributed by atoms with Gasteiger partial charge < -0.3 is 14.2 Å². The highest BCUT2D eigenvalue weighted by atomic mass is 16.5. The highest BCUT2D eigenvalue weighted by Crippen LogP contribution is 2.18. The average molecular weight is 311 g/mol. The molecule has 1 atom stereocenters. The predicted molar refractivity (Wildman–Crippen MR) is 81.4 cm³/mol. The summed E-state index contributed by atoms with van der Waals surface area (Å²) in [6.45, 7) is 1.56. The lowest BCUT2D eigenvalue weighted by Crippen LogP contribution is -2.45. The Bertz CT molecular complexity index is 708. The van der Waals surface area contributed by atoms with E-state index in [1.807, 2.05) is 35.2 Å². The lowest BCUT2D eigenvalue weighted by atomic mass is 10.1. The number of likely N-dealkylation sites (tertiary alicyclic amines) is 1. The lowest BCUT2D eigenvalue weighted by molar-refractivity contribution is -0.134. The van der Waals surface area contributed by atoms with Crippen LogP contribution in [0.3, 0.4) is 0 Å². The van der Waals surface area contributed by atoms with Crippen molar-refractivity contribution >= 4 is 5.91 Å². The first-order valence-corrected chi connectivity index (χ1v) is 7.52. The van der Waals surface area contributed by atoms with Gasteiger partial charge in [-0.1, -0.05) is 0 Å². The molecule has 1 aliphatic heterocycles. The predicted octanol–water partition coefficient (Wildman–Crippen LogP) is 1.22. The number of hydrogen-bond donors (Lipinski definition) is 0. The second kappa shape index (κ2) is 6.92. The summed E-state index contributed by atoms with van der Waals surface area (Å²) in [6.07, 6.45) is 8.22. The summed E-state index contributed by atoms with van der Waals surface area (Å²) in [5.41, 5.74) is 0.170. The SMILES string of the molecule is N#Cc1nccnc1OC1CCCN(C(=O)Cn2cccc2)C1. The van der Waals surface area contributed by atoms with Crippen molar-refractivity contribution in [1.29, 1.82) is 5.26 Å². The van der Waals surface area contributed by atoms with Gasteiger partial charge in [-0.3, -0.25) is 4.79 Å². The number of carbonyl (C=O) groups is 1. The minimum absolute atomic E-state index is 0.0640. The fourth-order valence-electron chi connectivity index (χ4n) is 2.64. The summed E-state index contributed by atoms with van der Waals surface area (Å²) >= 11 is 0. The van der Waals surface area contributed by atoms with Crippen molar-refractivity contribution < 1.29 is 9.53 Å². The Hall–Kier alpha value is -2.88. The van der Waals surface area contributed by atoms with Crippen molar-refractivity contribution in [3.8, 4) is 11.9 Å². The highest BCUT2D eigenvalue weighted by Gasteiger charge is 2.26. The number of nitrogens with zero attached hydrogens (tertiary/aromatic N) is 5. The molecule has 2 aromatic rings. The fraction of sp³-hybridized carbons (Fsp3) is 0.375. The summed E-state index contributed by atoms with van der Waals surface area (Å²) in [5, 5.41) is 9.03. The maximum Gasteiger partial charge on any atom is 0.251 e. The summed E-state index contributed by atoms with van der Waals surface area (Å²) in [7, 11) is 0. The number of rotatable bonds is 4. The molecule has 1 unspecified atom stereocenters. The first kappa shape index (κ1) is 15.0. The average Bonchev–Trinajstić information content (AvgIpc) is 3.08. The maximum absolute atomic E-state index is 12.4. The van der Waals surface area contributed by atoms with E-state index in [0.29, 0.717) is 13.1 Å². The molecule has 0 radical (unpaired) electrons. The minimum atomic E-state index is -0.166. The van der Waals surface area contributed by atoms with Crippen molar-refractivity contribution in [2.24, 2.45) is 0 Å². The van der Waals surface area contributed by atoms with Gasteiger partial charge in [-0.2, -0.15) is 5.26 Å². The van der Waals surface area contributed by atoms with Crippen molar-refractivity contribution in [2.75, 3.05) is 13.1 Å². The first-order chi connectivity index (χ1) is 11.3. The maximum atomic E-state index is 12.4. The fourth-order valence-corrected chi connectivity index (χ4v) is 2.64. The molecular formula is C16H17N5O2. The number of piperidine rings is 1. The van der Waals surface area contributed by atoms with Crippen LogP contribution < -0.4 is 4.74 Å². The van der Waals surface area contributed by atoms with Gasteiger partial charge in [0.1, 0.15) is 18.7 Å². The van der Waals surface area contributed by atoms with Crippen molar-refractivity contribution in [2.45, 2.75) is 25.5 Å². The van der Waals surface area contributed by atoms with E-state index in [-0.39, 0.29) is 23.6 Å². The first-order valence-electron chi connectivity index (χ1n) is 7.52. The van der Waals surface area contributed by atoms with Crippen molar-refractivity contribution in [3.63, 3.8) is 0 Å². The van der Waals surface area contributed by atoms with Gasteiger partial charge in [0.25, 0.3) is 5.88 Å². The number of carbonyl (C=O) groups excluding carboxylic acids is 1. The number of amides is 1.